The van der Waals surface area contributed by atoms with E-state index in [9.17, 15) is 18.0 Å². The van der Waals surface area contributed by atoms with Crippen molar-refractivity contribution in [1.29, 1.82) is 0 Å². The van der Waals surface area contributed by atoms with Crippen LogP contribution in [0.5, 0.6) is 0 Å². The van der Waals surface area contributed by atoms with Crippen molar-refractivity contribution in [3.05, 3.63) is 18.0 Å². The van der Waals surface area contributed by atoms with E-state index in [0.717, 1.165) is 18.4 Å². The first-order chi connectivity index (χ1) is 12.7. The van der Waals surface area contributed by atoms with Crippen molar-refractivity contribution in [1.82, 2.24) is 14.7 Å². The van der Waals surface area contributed by atoms with E-state index in [1.165, 1.54) is 4.90 Å². The smallest absolute Gasteiger partial charge is 0.427 e. The van der Waals surface area contributed by atoms with Crippen molar-refractivity contribution >= 4 is 6.09 Å². The lowest BCUT2D eigenvalue weighted by Gasteiger charge is -2.45. The number of rotatable bonds is 3. The Bertz CT molecular complexity index is 646. The molecule has 2 atom stereocenters. The summed E-state index contributed by atoms with van der Waals surface area (Å²) in [4.78, 5) is 13.2. The highest BCUT2D eigenvalue weighted by Crippen LogP contribution is 2.38. The summed E-state index contributed by atoms with van der Waals surface area (Å²) in [5.74, 6) is 0. The Labute approximate surface area is 155 Å². The molecule has 10 heteroatoms. The van der Waals surface area contributed by atoms with Crippen LogP contribution in [0.15, 0.2) is 12.4 Å². The molecule has 152 valence electrons. The highest BCUT2D eigenvalue weighted by Gasteiger charge is 2.45. The predicted molar refractivity (Wildman–Crippen MR) is 88.1 cm³/mol. The average Bonchev–Trinajstić information content (AvgIpc) is 3.06. The molecule has 1 aromatic rings. The number of alkyl halides is 3. The summed E-state index contributed by atoms with van der Waals surface area (Å²) in [6.07, 6.45) is -1.77. The number of carbonyl (C=O) groups is 1. The summed E-state index contributed by atoms with van der Waals surface area (Å²) in [6, 6.07) is 0.171. The number of piperidine rings is 1. The van der Waals surface area contributed by atoms with Crippen molar-refractivity contribution in [2.45, 2.75) is 56.5 Å². The molecule has 1 spiro atoms. The SMILES string of the molecule is Cc1cnn(C2CCC3(CCN(C(=O)O[C@H](CO)C(F)(F)F)CC3)OC2)c1. The van der Waals surface area contributed by atoms with Gasteiger partial charge in [0.25, 0.3) is 0 Å². The third kappa shape index (κ3) is 4.55. The third-order valence-corrected chi connectivity index (χ3v) is 5.33. The number of hydrogen-bond donors (Lipinski definition) is 1. The monoisotopic (exact) mass is 391 g/mol. The molecule has 3 heterocycles. The summed E-state index contributed by atoms with van der Waals surface area (Å²) < 4.78 is 50.3. The molecule has 0 aromatic carbocycles. The first kappa shape index (κ1) is 19.9. The topological polar surface area (TPSA) is 76.8 Å². The van der Waals surface area contributed by atoms with Crippen molar-refractivity contribution in [2.24, 2.45) is 0 Å². The minimum Gasteiger partial charge on any atom is -0.434 e. The maximum Gasteiger partial charge on any atom is 0.427 e. The summed E-state index contributed by atoms with van der Waals surface area (Å²) in [7, 11) is 0. The van der Waals surface area contributed by atoms with Crippen molar-refractivity contribution in [3.63, 3.8) is 0 Å². The van der Waals surface area contributed by atoms with E-state index in [4.69, 9.17) is 9.84 Å². The van der Waals surface area contributed by atoms with Crippen LogP contribution in [0.3, 0.4) is 0 Å². The molecule has 2 aliphatic rings. The van der Waals surface area contributed by atoms with Crippen LogP contribution in [0.2, 0.25) is 0 Å². The number of likely N-dealkylation sites (tertiary alicyclic amines) is 1. The number of ether oxygens (including phenoxy) is 2. The zero-order valence-corrected chi connectivity index (χ0v) is 15.1. The number of aliphatic hydroxyl groups excluding tert-OH is 1. The molecule has 1 unspecified atom stereocenters. The van der Waals surface area contributed by atoms with Crippen LogP contribution in [0.1, 0.15) is 37.3 Å². The number of hydrogen-bond acceptors (Lipinski definition) is 5. The molecule has 7 nitrogen and oxygen atoms in total. The van der Waals surface area contributed by atoms with E-state index >= 15 is 0 Å². The maximum absolute atomic E-state index is 12.6. The minimum absolute atomic E-state index is 0.171. The summed E-state index contributed by atoms with van der Waals surface area (Å²) in [5, 5.41) is 13.1. The number of halogens is 3. The molecule has 3 rings (SSSR count). The molecule has 0 radical (unpaired) electrons. The second-order valence-corrected chi connectivity index (χ2v) is 7.27. The Kier molecular flexibility index (Phi) is 5.66. The van der Waals surface area contributed by atoms with Crippen LogP contribution in [0.4, 0.5) is 18.0 Å². The number of aromatic nitrogens is 2. The lowest BCUT2D eigenvalue weighted by molar-refractivity contribution is -0.215. The van der Waals surface area contributed by atoms with Crippen LogP contribution in [0.25, 0.3) is 0 Å². The van der Waals surface area contributed by atoms with Gasteiger partial charge >= 0.3 is 12.3 Å². The van der Waals surface area contributed by atoms with Gasteiger partial charge in [0.1, 0.15) is 0 Å². The van der Waals surface area contributed by atoms with Gasteiger partial charge in [0.2, 0.25) is 6.10 Å². The molecule has 1 aromatic heterocycles. The number of amides is 1. The normalized spacial score (nSPS) is 24.0. The molecule has 1 N–H and O–H groups in total. The fraction of sp³-hybridized carbons (Fsp3) is 0.765. The molecule has 2 fully saturated rings. The van der Waals surface area contributed by atoms with Gasteiger partial charge in [0, 0.05) is 19.3 Å². The Morgan fingerprint density at radius 1 is 1.44 bits per heavy atom. The first-order valence-corrected chi connectivity index (χ1v) is 9.00. The molecule has 2 aliphatic heterocycles. The third-order valence-electron chi connectivity index (χ3n) is 5.33. The minimum atomic E-state index is -4.78. The molecular formula is C17H24F3N3O4. The van der Waals surface area contributed by atoms with Crippen LogP contribution in [0, 0.1) is 6.92 Å². The van der Waals surface area contributed by atoms with Gasteiger partial charge in [-0.25, -0.2) is 4.79 Å². The highest BCUT2D eigenvalue weighted by molar-refractivity contribution is 5.68. The van der Waals surface area contributed by atoms with Gasteiger partial charge in [0.05, 0.1) is 31.1 Å². The number of nitrogens with zero attached hydrogens (tertiary/aromatic N) is 3. The van der Waals surface area contributed by atoms with Gasteiger partial charge in [-0.15, -0.1) is 0 Å². The van der Waals surface area contributed by atoms with Crippen molar-refractivity contribution in [3.8, 4) is 0 Å². The fourth-order valence-electron chi connectivity index (χ4n) is 3.59. The number of aryl methyl sites for hydroxylation is 1. The van der Waals surface area contributed by atoms with E-state index in [2.05, 4.69) is 9.84 Å². The summed E-state index contributed by atoms with van der Waals surface area (Å²) >= 11 is 0. The Morgan fingerprint density at radius 2 is 2.15 bits per heavy atom. The average molecular weight is 391 g/mol. The standard InChI is InChI=1S/C17H24F3N3O4/c1-12-8-21-23(9-12)13-2-3-16(26-11-13)4-6-22(7-5-16)15(25)27-14(10-24)17(18,19)20/h8-9,13-14,24H,2-7,10-11H2,1H3/t13?,14-/m1/s1. The molecule has 27 heavy (non-hydrogen) atoms. The first-order valence-electron chi connectivity index (χ1n) is 9.00. The zero-order chi connectivity index (χ0) is 19.7. The quantitative estimate of drug-likeness (QED) is 0.857. The van der Waals surface area contributed by atoms with E-state index < -0.39 is 25.0 Å². The lowest BCUT2D eigenvalue weighted by atomic mass is 9.83. The molecule has 0 saturated carbocycles. The van der Waals surface area contributed by atoms with Crippen LogP contribution < -0.4 is 0 Å². The van der Waals surface area contributed by atoms with E-state index in [1.807, 2.05) is 17.8 Å². The molecule has 0 aliphatic carbocycles. The second-order valence-electron chi connectivity index (χ2n) is 7.27. The Hall–Kier alpha value is -1.81. The summed E-state index contributed by atoms with van der Waals surface area (Å²) in [6.45, 7) is 1.74. The molecular weight excluding hydrogens is 367 g/mol. The Balaban J connectivity index is 1.49. The van der Waals surface area contributed by atoms with Gasteiger partial charge in [-0.05, 0) is 38.2 Å². The van der Waals surface area contributed by atoms with Crippen LogP contribution >= 0.6 is 0 Å². The molecule has 2 saturated heterocycles. The predicted octanol–water partition coefficient (Wildman–Crippen LogP) is 2.44. The van der Waals surface area contributed by atoms with Crippen LogP contribution in [-0.4, -0.2) is 70.1 Å². The molecule has 0 bridgehead atoms. The largest absolute Gasteiger partial charge is 0.434 e. The maximum atomic E-state index is 12.6. The van der Waals surface area contributed by atoms with Gasteiger partial charge in [0.15, 0.2) is 0 Å². The van der Waals surface area contributed by atoms with Crippen molar-refractivity contribution in [2.75, 3.05) is 26.3 Å². The lowest BCUT2D eigenvalue weighted by Crippen LogP contribution is -2.51. The molecule has 1 amide bonds. The van der Waals surface area contributed by atoms with Crippen LogP contribution in [-0.2, 0) is 9.47 Å². The van der Waals surface area contributed by atoms with Crippen molar-refractivity contribution < 1.29 is 32.5 Å². The van der Waals surface area contributed by atoms with E-state index in [0.29, 0.717) is 19.4 Å². The second kappa shape index (κ2) is 7.67. The van der Waals surface area contributed by atoms with Gasteiger partial charge in [-0.3, -0.25) is 4.68 Å². The van der Waals surface area contributed by atoms with E-state index in [-0.39, 0.29) is 24.7 Å². The van der Waals surface area contributed by atoms with Gasteiger partial charge in [-0.1, -0.05) is 0 Å². The van der Waals surface area contributed by atoms with Gasteiger partial charge < -0.3 is 19.5 Å². The van der Waals surface area contributed by atoms with E-state index in [1.54, 1.807) is 6.20 Å². The Morgan fingerprint density at radius 3 is 2.63 bits per heavy atom. The summed E-state index contributed by atoms with van der Waals surface area (Å²) in [5.41, 5.74) is 0.734. The highest BCUT2D eigenvalue weighted by atomic mass is 19.4. The number of aliphatic hydroxyl groups is 1. The zero-order valence-electron chi connectivity index (χ0n) is 15.1. The number of carbonyl (C=O) groups excluding carboxylic acids is 1. The fourth-order valence-corrected chi connectivity index (χ4v) is 3.59. The van der Waals surface area contributed by atoms with Gasteiger partial charge in [-0.2, -0.15) is 18.3 Å².